The molecule has 0 spiro atoms. The van der Waals surface area contributed by atoms with Crippen LogP contribution in [0.15, 0.2) is 52.1 Å². The van der Waals surface area contributed by atoms with Gasteiger partial charge in [0.1, 0.15) is 4.90 Å². The number of aromatic nitrogens is 1. The smallest absolute Gasteiger partial charge is 0.263 e. The summed E-state index contributed by atoms with van der Waals surface area (Å²) in [5, 5.41) is 0. The number of nitrogens with one attached hydrogen (secondary N) is 1. The van der Waals surface area contributed by atoms with Crippen molar-refractivity contribution in [3.8, 4) is 0 Å². The molecular formula is C12H11BrN2O2S. The number of halogens is 1. The topological polar surface area (TPSA) is 59.1 Å². The molecule has 2 rings (SSSR count). The van der Waals surface area contributed by atoms with E-state index in [9.17, 15) is 8.42 Å². The van der Waals surface area contributed by atoms with Crippen molar-refractivity contribution in [2.45, 2.75) is 11.8 Å². The molecule has 0 aliphatic heterocycles. The SMILES string of the molecule is Cc1ccncc1NS(=O)(=O)c1ccccc1Br. The number of pyridine rings is 1. The van der Waals surface area contributed by atoms with E-state index in [0.29, 0.717) is 10.2 Å². The maximum absolute atomic E-state index is 12.2. The highest BCUT2D eigenvalue weighted by Gasteiger charge is 2.17. The Kier molecular flexibility index (Phi) is 3.68. The van der Waals surface area contributed by atoms with Crippen molar-refractivity contribution in [2.75, 3.05) is 4.72 Å². The van der Waals surface area contributed by atoms with Crippen molar-refractivity contribution >= 4 is 31.6 Å². The second-order valence-electron chi connectivity index (χ2n) is 3.73. The lowest BCUT2D eigenvalue weighted by atomic mass is 10.3. The first kappa shape index (κ1) is 13.0. The van der Waals surface area contributed by atoms with Crippen LogP contribution in [0.2, 0.25) is 0 Å². The molecule has 0 amide bonds. The van der Waals surface area contributed by atoms with Crippen molar-refractivity contribution in [2.24, 2.45) is 0 Å². The van der Waals surface area contributed by atoms with Gasteiger partial charge in [0.25, 0.3) is 10.0 Å². The number of nitrogens with zero attached hydrogens (tertiary/aromatic N) is 1. The molecule has 94 valence electrons. The van der Waals surface area contributed by atoms with Gasteiger partial charge in [-0.25, -0.2) is 8.42 Å². The first-order valence-corrected chi connectivity index (χ1v) is 7.46. The highest BCUT2D eigenvalue weighted by Crippen LogP contribution is 2.24. The quantitative estimate of drug-likeness (QED) is 0.943. The van der Waals surface area contributed by atoms with E-state index in [4.69, 9.17) is 0 Å². The van der Waals surface area contributed by atoms with Crippen LogP contribution in [0, 0.1) is 6.92 Å². The van der Waals surface area contributed by atoms with Gasteiger partial charge in [0.05, 0.1) is 11.9 Å². The van der Waals surface area contributed by atoms with Crippen LogP contribution in [0.3, 0.4) is 0 Å². The fourth-order valence-electron chi connectivity index (χ4n) is 1.43. The summed E-state index contributed by atoms with van der Waals surface area (Å²) in [5.74, 6) is 0. The molecule has 2 aromatic rings. The molecule has 6 heteroatoms. The first-order chi connectivity index (χ1) is 8.50. The average molecular weight is 327 g/mol. The Hall–Kier alpha value is -1.40. The minimum Gasteiger partial charge on any atom is -0.278 e. The lowest BCUT2D eigenvalue weighted by molar-refractivity contribution is 0.600. The van der Waals surface area contributed by atoms with Gasteiger partial charge in [-0.1, -0.05) is 12.1 Å². The standard InChI is InChI=1S/C12H11BrN2O2S/c1-9-6-7-14-8-11(9)15-18(16,17)12-5-3-2-4-10(12)13/h2-8,15H,1H3. The van der Waals surface area contributed by atoms with E-state index in [2.05, 4.69) is 25.6 Å². The van der Waals surface area contributed by atoms with Gasteiger partial charge in [-0.2, -0.15) is 0 Å². The largest absolute Gasteiger partial charge is 0.278 e. The van der Waals surface area contributed by atoms with E-state index in [0.717, 1.165) is 5.56 Å². The Labute approximate surface area is 114 Å². The maximum Gasteiger partial charge on any atom is 0.263 e. The highest BCUT2D eigenvalue weighted by molar-refractivity contribution is 9.10. The molecule has 0 aliphatic rings. The van der Waals surface area contributed by atoms with Gasteiger partial charge in [-0.05, 0) is 46.6 Å². The van der Waals surface area contributed by atoms with Gasteiger partial charge in [0.2, 0.25) is 0 Å². The van der Waals surface area contributed by atoms with Gasteiger partial charge in [0.15, 0.2) is 0 Å². The van der Waals surface area contributed by atoms with E-state index in [-0.39, 0.29) is 4.90 Å². The molecule has 1 heterocycles. The van der Waals surface area contributed by atoms with Gasteiger partial charge in [0, 0.05) is 10.7 Å². The van der Waals surface area contributed by atoms with Crippen LogP contribution < -0.4 is 4.72 Å². The van der Waals surface area contributed by atoms with Gasteiger partial charge >= 0.3 is 0 Å². The maximum atomic E-state index is 12.2. The molecule has 0 atom stereocenters. The molecule has 0 bridgehead atoms. The summed E-state index contributed by atoms with van der Waals surface area (Å²) in [6, 6.07) is 8.41. The number of anilines is 1. The second kappa shape index (κ2) is 5.07. The molecule has 0 fully saturated rings. The van der Waals surface area contributed by atoms with Crippen molar-refractivity contribution in [3.05, 3.63) is 52.8 Å². The summed E-state index contributed by atoms with van der Waals surface area (Å²) in [4.78, 5) is 4.11. The third kappa shape index (κ3) is 2.70. The molecule has 0 saturated heterocycles. The Morgan fingerprint density at radius 2 is 1.94 bits per heavy atom. The fourth-order valence-corrected chi connectivity index (χ4v) is 3.55. The van der Waals surface area contributed by atoms with Crippen LogP contribution in [0.1, 0.15) is 5.56 Å². The predicted octanol–water partition coefficient (Wildman–Crippen LogP) is 2.95. The lowest BCUT2D eigenvalue weighted by Crippen LogP contribution is -2.14. The van der Waals surface area contributed by atoms with E-state index >= 15 is 0 Å². The van der Waals surface area contributed by atoms with Gasteiger partial charge < -0.3 is 0 Å². The number of benzene rings is 1. The normalized spacial score (nSPS) is 11.2. The van der Waals surface area contributed by atoms with Crippen LogP contribution in [0.5, 0.6) is 0 Å². The molecule has 18 heavy (non-hydrogen) atoms. The third-order valence-corrected chi connectivity index (χ3v) is 4.79. The molecule has 1 aromatic carbocycles. The van der Waals surface area contributed by atoms with E-state index in [1.165, 1.54) is 12.3 Å². The summed E-state index contributed by atoms with van der Waals surface area (Å²) in [6.45, 7) is 1.82. The van der Waals surface area contributed by atoms with Crippen molar-refractivity contribution in [1.82, 2.24) is 4.98 Å². The van der Waals surface area contributed by atoms with Crippen molar-refractivity contribution in [1.29, 1.82) is 0 Å². The highest BCUT2D eigenvalue weighted by atomic mass is 79.9. The van der Waals surface area contributed by atoms with Crippen LogP contribution in [-0.2, 0) is 10.0 Å². The van der Waals surface area contributed by atoms with Crippen LogP contribution in [0.4, 0.5) is 5.69 Å². The molecule has 0 radical (unpaired) electrons. The van der Waals surface area contributed by atoms with Gasteiger partial charge in [-0.3, -0.25) is 9.71 Å². The number of aryl methyl sites for hydroxylation is 1. The monoisotopic (exact) mass is 326 g/mol. The number of sulfonamides is 1. The zero-order valence-corrected chi connectivity index (χ0v) is 12.0. The molecule has 0 saturated carbocycles. The number of hydrogen-bond donors (Lipinski definition) is 1. The van der Waals surface area contributed by atoms with Crippen molar-refractivity contribution in [3.63, 3.8) is 0 Å². The zero-order valence-electron chi connectivity index (χ0n) is 9.59. The van der Waals surface area contributed by atoms with Crippen molar-refractivity contribution < 1.29 is 8.42 Å². The molecule has 0 unspecified atom stereocenters. The Morgan fingerprint density at radius 3 is 2.61 bits per heavy atom. The molecule has 1 N–H and O–H groups in total. The summed E-state index contributed by atoms with van der Waals surface area (Å²) in [6.07, 6.45) is 3.11. The summed E-state index contributed by atoms with van der Waals surface area (Å²) >= 11 is 3.23. The Morgan fingerprint density at radius 1 is 1.22 bits per heavy atom. The molecule has 1 aromatic heterocycles. The minimum atomic E-state index is -3.60. The Balaban J connectivity index is 2.40. The average Bonchev–Trinajstić information content (AvgIpc) is 2.32. The minimum absolute atomic E-state index is 0.202. The molecule has 0 aliphatic carbocycles. The number of hydrogen-bond acceptors (Lipinski definition) is 3. The van der Waals surface area contributed by atoms with E-state index in [1.54, 1.807) is 30.5 Å². The predicted molar refractivity (Wildman–Crippen MR) is 73.9 cm³/mol. The zero-order chi connectivity index (χ0) is 13.2. The second-order valence-corrected chi connectivity index (χ2v) is 6.23. The first-order valence-electron chi connectivity index (χ1n) is 5.18. The fraction of sp³-hybridized carbons (Fsp3) is 0.0833. The lowest BCUT2D eigenvalue weighted by Gasteiger charge is -2.10. The van der Waals surface area contributed by atoms with E-state index in [1.807, 2.05) is 6.92 Å². The van der Waals surface area contributed by atoms with Crippen LogP contribution in [0.25, 0.3) is 0 Å². The third-order valence-electron chi connectivity index (χ3n) is 2.41. The summed E-state index contributed by atoms with van der Waals surface area (Å²) < 4.78 is 27.5. The Bertz CT molecular complexity index is 671. The van der Waals surface area contributed by atoms with Crippen LogP contribution >= 0.6 is 15.9 Å². The van der Waals surface area contributed by atoms with E-state index < -0.39 is 10.0 Å². The molecule has 4 nitrogen and oxygen atoms in total. The van der Waals surface area contributed by atoms with Gasteiger partial charge in [-0.15, -0.1) is 0 Å². The number of rotatable bonds is 3. The van der Waals surface area contributed by atoms with Crippen LogP contribution in [-0.4, -0.2) is 13.4 Å². The molecular weight excluding hydrogens is 316 g/mol. The summed E-state index contributed by atoms with van der Waals surface area (Å²) in [5.41, 5.74) is 1.30. The summed E-state index contributed by atoms with van der Waals surface area (Å²) in [7, 11) is -3.60.